The molecule has 0 atom stereocenters. The molecule has 0 unspecified atom stereocenters. The minimum absolute atomic E-state index is 0.824. The topological polar surface area (TPSA) is 49.3 Å². The molecule has 0 amide bonds. The normalized spacial score (nSPS) is 14.5. The van der Waals surface area contributed by atoms with Gasteiger partial charge in [-0.2, -0.15) is 0 Å². The lowest BCUT2D eigenvalue weighted by Crippen LogP contribution is -2.35. The highest BCUT2D eigenvalue weighted by Gasteiger charge is 2.10. The molecule has 0 saturated carbocycles. The first-order valence-corrected chi connectivity index (χ1v) is 8.27. The molecule has 1 aliphatic heterocycles. The number of aromatic nitrogens is 1. The number of hydrogen-bond acceptors (Lipinski definition) is 5. The van der Waals surface area contributed by atoms with Crippen molar-refractivity contribution < 1.29 is 0 Å². The number of aliphatic imine (C=N–C) groups is 1. The molecule has 2 N–H and O–H groups in total. The van der Waals surface area contributed by atoms with Crippen molar-refractivity contribution >= 4 is 33.2 Å². The van der Waals surface area contributed by atoms with Gasteiger partial charge in [-0.25, -0.2) is 4.98 Å². The summed E-state index contributed by atoms with van der Waals surface area (Å²) in [5, 5.41) is 11.9. The quantitative estimate of drug-likeness (QED) is 0.758. The molecule has 0 spiro atoms. The maximum absolute atomic E-state index is 4.71. The Labute approximate surface area is 132 Å². The van der Waals surface area contributed by atoms with Crippen molar-refractivity contribution in [2.45, 2.75) is 6.42 Å². The number of anilines is 1. The van der Waals surface area contributed by atoms with Gasteiger partial charge >= 0.3 is 0 Å². The number of nitrogens with one attached hydrogen (secondary N) is 2. The highest BCUT2D eigenvalue weighted by molar-refractivity contribution is 7.14. The predicted octanol–water partition coefficient (Wildman–Crippen LogP) is 3.72. The molecule has 0 fully saturated rings. The molecule has 0 radical (unpaired) electrons. The number of hydrogen-bond donors (Lipinski definition) is 2. The van der Waals surface area contributed by atoms with Crippen LogP contribution in [0.5, 0.6) is 0 Å². The van der Waals surface area contributed by atoms with E-state index in [-0.39, 0.29) is 0 Å². The zero-order valence-electron chi connectivity index (χ0n) is 12.0. The Bertz CT molecular complexity index is 832. The number of rotatable bonds is 2. The van der Waals surface area contributed by atoms with Crippen LogP contribution in [0.3, 0.4) is 0 Å². The molecule has 3 aromatic rings. The Morgan fingerprint density at radius 1 is 1.09 bits per heavy atom. The monoisotopic (exact) mass is 308 g/mol. The van der Waals surface area contributed by atoms with E-state index >= 15 is 0 Å². The van der Waals surface area contributed by atoms with Crippen LogP contribution < -0.4 is 10.6 Å². The standard InChI is InChI=1S/C17H16N4S/c1-2-7-13-12(5-1)6-3-8-14(13)15-11-22-17(20-15)21-16-18-9-4-10-19-16/h1-3,5-8,11H,4,9-10H2,(H2,18,19,20,21). The summed E-state index contributed by atoms with van der Waals surface area (Å²) >= 11 is 1.60. The highest BCUT2D eigenvalue weighted by atomic mass is 32.1. The third kappa shape index (κ3) is 2.55. The predicted molar refractivity (Wildman–Crippen MR) is 93.6 cm³/mol. The van der Waals surface area contributed by atoms with Gasteiger partial charge in [0.25, 0.3) is 0 Å². The maximum Gasteiger partial charge on any atom is 0.197 e. The van der Waals surface area contributed by atoms with Crippen molar-refractivity contribution in [3.63, 3.8) is 0 Å². The van der Waals surface area contributed by atoms with Gasteiger partial charge in [-0.3, -0.25) is 4.99 Å². The minimum atomic E-state index is 0.824. The molecule has 22 heavy (non-hydrogen) atoms. The van der Waals surface area contributed by atoms with E-state index < -0.39 is 0 Å². The van der Waals surface area contributed by atoms with Gasteiger partial charge in [-0.05, 0) is 17.2 Å². The molecule has 4 rings (SSSR count). The van der Waals surface area contributed by atoms with E-state index in [9.17, 15) is 0 Å². The fourth-order valence-electron chi connectivity index (χ4n) is 2.62. The zero-order chi connectivity index (χ0) is 14.8. The molecule has 0 saturated heterocycles. The fourth-order valence-corrected chi connectivity index (χ4v) is 3.33. The highest BCUT2D eigenvalue weighted by Crippen LogP contribution is 2.30. The van der Waals surface area contributed by atoms with Crippen LogP contribution in [0.2, 0.25) is 0 Å². The van der Waals surface area contributed by atoms with Gasteiger partial charge < -0.3 is 10.6 Å². The van der Waals surface area contributed by atoms with Crippen molar-refractivity contribution in [2.24, 2.45) is 4.99 Å². The number of guanidine groups is 1. The number of thiazole rings is 1. The molecule has 0 bridgehead atoms. The Morgan fingerprint density at radius 2 is 2.00 bits per heavy atom. The van der Waals surface area contributed by atoms with Crippen LogP contribution in [0, 0.1) is 0 Å². The van der Waals surface area contributed by atoms with Gasteiger partial charge in [0, 0.05) is 24.0 Å². The lowest BCUT2D eigenvalue weighted by molar-refractivity contribution is 0.740. The van der Waals surface area contributed by atoms with E-state index in [4.69, 9.17) is 4.98 Å². The number of nitrogens with zero attached hydrogens (tertiary/aromatic N) is 2. The van der Waals surface area contributed by atoms with E-state index in [1.54, 1.807) is 11.3 Å². The molecule has 1 aliphatic rings. The SMILES string of the molecule is c1ccc2c(-c3csc(NC4=NCCCN4)n3)cccc2c1. The van der Waals surface area contributed by atoms with Crippen LogP contribution in [-0.4, -0.2) is 24.0 Å². The van der Waals surface area contributed by atoms with E-state index in [1.807, 2.05) is 0 Å². The smallest absolute Gasteiger partial charge is 0.197 e. The summed E-state index contributed by atoms with van der Waals surface area (Å²) in [6, 6.07) is 14.7. The van der Waals surface area contributed by atoms with Crippen molar-refractivity contribution in [1.29, 1.82) is 0 Å². The second-order valence-electron chi connectivity index (χ2n) is 5.20. The first-order chi connectivity index (χ1) is 10.9. The Kier molecular flexibility index (Phi) is 3.48. The first kappa shape index (κ1) is 13.3. The van der Waals surface area contributed by atoms with Gasteiger partial charge in [-0.15, -0.1) is 11.3 Å². The van der Waals surface area contributed by atoms with Crippen LogP contribution in [0.1, 0.15) is 6.42 Å². The van der Waals surface area contributed by atoms with Gasteiger partial charge in [0.1, 0.15) is 0 Å². The summed E-state index contributed by atoms with van der Waals surface area (Å²) < 4.78 is 0. The number of benzene rings is 2. The summed E-state index contributed by atoms with van der Waals surface area (Å²) in [6.45, 7) is 1.84. The third-order valence-corrected chi connectivity index (χ3v) is 4.45. The number of fused-ring (bicyclic) bond motifs is 1. The molecule has 0 aliphatic carbocycles. The Morgan fingerprint density at radius 3 is 2.91 bits per heavy atom. The third-order valence-electron chi connectivity index (χ3n) is 3.69. The van der Waals surface area contributed by atoms with E-state index in [2.05, 4.69) is 63.5 Å². The van der Waals surface area contributed by atoms with Crippen LogP contribution in [-0.2, 0) is 0 Å². The largest absolute Gasteiger partial charge is 0.356 e. The molecular formula is C17H16N4S. The van der Waals surface area contributed by atoms with Crippen molar-refractivity contribution in [1.82, 2.24) is 10.3 Å². The summed E-state index contributed by atoms with van der Waals surface area (Å²) in [5.74, 6) is 0.824. The van der Waals surface area contributed by atoms with Gasteiger partial charge in [0.05, 0.1) is 5.69 Å². The van der Waals surface area contributed by atoms with E-state index in [0.717, 1.165) is 36.3 Å². The zero-order valence-corrected chi connectivity index (χ0v) is 12.9. The van der Waals surface area contributed by atoms with E-state index in [0.29, 0.717) is 0 Å². The van der Waals surface area contributed by atoms with Gasteiger partial charge in [-0.1, -0.05) is 42.5 Å². The van der Waals surface area contributed by atoms with Crippen molar-refractivity contribution in [3.8, 4) is 11.3 Å². The summed E-state index contributed by atoms with van der Waals surface area (Å²) in [4.78, 5) is 9.13. The average Bonchev–Trinajstić information content (AvgIpc) is 3.03. The lowest BCUT2D eigenvalue weighted by Gasteiger charge is -2.14. The van der Waals surface area contributed by atoms with E-state index in [1.165, 1.54) is 16.3 Å². The van der Waals surface area contributed by atoms with Crippen molar-refractivity contribution in [2.75, 3.05) is 18.4 Å². The molecule has 110 valence electrons. The van der Waals surface area contributed by atoms with Crippen LogP contribution in [0.15, 0.2) is 52.8 Å². The molecule has 2 aromatic carbocycles. The summed E-state index contributed by atoms with van der Waals surface area (Å²) in [6.07, 6.45) is 1.09. The molecular weight excluding hydrogens is 292 g/mol. The average molecular weight is 308 g/mol. The maximum atomic E-state index is 4.71. The second-order valence-corrected chi connectivity index (χ2v) is 6.06. The Balaban J connectivity index is 1.67. The summed E-state index contributed by atoms with van der Waals surface area (Å²) in [5.41, 5.74) is 2.17. The van der Waals surface area contributed by atoms with Crippen LogP contribution >= 0.6 is 11.3 Å². The van der Waals surface area contributed by atoms with Gasteiger partial charge in [0.2, 0.25) is 0 Å². The fraction of sp³-hybridized carbons (Fsp3) is 0.176. The first-order valence-electron chi connectivity index (χ1n) is 7.39. The lowest BCUT2D eigenvalue weighted by atomic mass is 10.0. The summed E-state index contributed by atoms with van der Waals surface area (Å²) in [7, 11) is 0. The van der Waals surface area contributed by atoms with Crippen LogP contribution in [0.25, 0.3) is 22.0 Å². The second kappa shape index (κ2) is 5.77. The molecule has 2 heterocycles. The Hall–Kier alpha value is -2.40. The van der Waals surface area contributed by atoms with Crippen molar-refractivity contribution in [3.05, 3.63) is 47.8 Å². The molecule has 5 heteroatoms. The minimum Gasteiger partial charge on any atom is -0.356 e. The molecule has 1 aromatic heterocycles. The molecule has 4 nitrogen and oxygen atoms in total. The van der Waals surface area contributed by atoms with Crippen LogP contribution in [0.4, 0.5) is 5.13 Å². The van der Waals surface area contributed by atoms with Gasteiger partial charge in [0.15, 0.2) is 11.1 Å².